The lowest BCUT2D eigenvalue weighted by Crippen LogP contribution is -2.42. The molecule has 3 aromatic rings. The van der Waals surface area contributed by atoms with Crippen LogP contribution in [0.5, 0.6) is 0 Å². The number of aliphatic hydroxyl groups excluding tert-OH is 1. The molecule has 0 bridgehead atoms. The molecule has 1 aliphatic heterocycles. The third-order valence-corrected chi connectivity index (χ3v) is 5.30. The summed E-state index contributed by atoms with van der Waals surface area (Å²) in [5.41, 5.74) is 1.52. The Kier molecular flexibility index (Phi) is 5.98. The summed E-state index contributed by atoms with van der Waals surface area (Å²) in [6.07, 6.45) is -0.779. The Bertz CT molecular complexity index is 1140. The second-order valence-corrected chi connectivity index (χ2v) is 7.90. The lowest BCUT2D eigenvalue weighted by Gasteiger charge is -2.23. The third-order valence-electron chi connectivity index (χ3n) is 5.05. The van der Waals surface area contributed by atoms with Gasteiger partial charge in [0.25, 0.3) is 0 Å². The quantitative estimate of drug-likeness (QED) is 0.563. The number of rotatable bonds is 6. The van der Waals surface area contributed by atoms with Crippen molar-refractivity contribution >= 4 is 29.5 Å². The molecule has 0 spiro atoms. The van der Waals surface area contributed by atoms with Crippen molar-refractivity contribution in [2.24, 2.45) is 0 Å². The summed E-state index contributed by atoms with van der Waals surface area (Å²) in [6.45, 7) is 5.03. The maximum absolute atomic E-state index is 14.4. The van der Waals surface area contributed by atoms with Crippen molar-refractivity contribution in [2.75, 3.05) is 16.8 Å². The Morgan fingerprint density at radius 1 is 1.28 bits per heavy atom. The highest BCUT2D eigenvalue weighted by atomic mass is 35.5. The molecule has 0 aliphatic carbocycles. The Morgan fingerprint density at radius 2 is 2.00 bits per heavy atom. The Balaban J connectivity index is 1.57. The number of cyclic esters (lactones) is 1. The Labute approximate surface area is 188 Å². The van der Waals surface area contributed by atoms with Gasteiger partial charge in [-0.05, 0) is 45.0 Å². The average Bonchev–Trinajstić information content (AvgIpc) is 3.33. The van der Waals surface area contributed by atoms with Crippen LogP contribution in [-0.4, -0.2) is 44.9 Å². The van der Waals surface area contributed by atoms with Gasteiger partial charge >= 0.3 is 6.09 Å². The van der Waals surface area contributed by atoms with Gasteiger partial charge in [0, 0.05) is 10.6 Å². The van der Waals surface area contributed by atoms with E-state index in [9.17, 15) is 14.3 Å². The summed E-state index contributed by atoms with van der Waals surface area (Å²) >= 11 is 5.95. The predicted molar refractivity (Wildman–Crippen MR) is 115 cm³/mol. The number of oxazole rings is 1. The lowest BCUT2D eigenvalue weighted by atomic mass is 10.1. The molecule has 1 aromatic carbocycles. The molecule has 1 amide bonds. The van der Waals surface area contributed by atoms with E-state index in [0.717, 1.165) is 16.7 Å². The second kappa shape index (κ2) is 8.71. The molecule has 2 N–H and O–H groups in total. The van der Waals surface area contributed by atoms with Crippen LogP contribution in [0.2, 0.25) is 5.02 Å². The number of amides is 1. The maximum atomic E-state index is 14.4. The molecule has 9 nitrogen and oxygen atoms in total. The molecule has 0 radical (unpaired) electrons. The molecule has 1 unspecified atom stereocenters. The summed E-state index contributed by atoms with van der Waals surface area (Å²) in [6, 6.07) is 5.97. The number of aliphatic hydroxyl groups is 1. The van der Waals surface area contributed by atoms with E-state index in [4.69, 9.17) is 20.8 Å². The van der Waals surface area contributed by atoms with Crippen molar-refractivity contribution in [3.8, 4) is 11.3 Å². The van der Waals surface area contributed by atoms with E-state index in [2.05, 4.69) is 20.3 Å². The number of nitrogens with one attached hydrogen (secondary N) is 1. The van der Waals surface area contributed by atoms with Crippen LogP contribution in [-0.2, 0) is 4.74 Å². The molecule has 1 fully saturated rings. The van der Waals surface area contributed by atoms with Crippen molar-refractivity contribution in [3.05, 3.63) is 52.9 Å². The average molecular weight is 462 g/mol. The topological polar surface area (TPSA) is 114 Å². The SMILES string of the molecule is Cc1nc([C@H](C)Nc2ncc(F)c(N3C(=O)OCC3[C@@H](C)O)n2)oc1-c1ccc(Cl)cc1. The number of carbonyl (C=O) groups is 1. The molecule has 2 aromatic heterocycles. The van der Waals surface area contributed by atoms with Crippen molar-refractivity contribution in [1.82, 2.24) is 15.0 Å². The number of hydrogen-bond acceptors (Lipinski definition) is 8. The summed E-state index contributed by atoms with van der Waals surface area (Å²) in [5, 5.41) is 13.5. The summed E-state index contributed by atoms with van der Waals surface area (Å²) in [4.78, 5) is 25.6. The number of anilines is 2. The molecule has 1 aliphatic rings. The minimum atomic E-state index is -0.937. The zero-order valence-electron chi connectivity index (χ0n) is 17.5. The number of nitrogens with zero attached hydrogens (tertiary/aromatic N) is 4. The van der Waals surface area contributed by atoms with Crippen LogP contribution >= 0.6 is 11.6 Å². The smallest absolute Gasteiger partial charge is 0.416 e. The molecule has 1 saturated heterocycles. The first kappa shape index (κ1) is 22.0. The highest BCUT2D eigenvalue weighted by molar-refractivity contribution is 6.30. The van der Waals surface area contributed by atoms with Crippen LogP contribution in [0.3, 0.4) is 0 Å². The molecule has 0 saturated carbocycles. The number of benzene rings is 1. The zero-order chi connectivity index (χ0) is 23.0. The van der Waals surface area contributed by atoms with Crippen molar-refractivity contribution in [3.63, 3.8) is 0 Å². The number of aromatic nitrogens is 3. The van der Waals surface area contributed by atoms with Crippen LogP contribution in [0.4, 0.5) is 21.0 Å². The minimum absolute atomic E-state index is 0.0573. The molecule has 168 valence electrons. The van der Waals surface area contributed by atoms with Gasteiger partial charge in [0.05, 0.1) is 18.0 Å². The standard InChI is InChI=1S/C21H21ClFN5O4/c1-10-17(13-4-6-14(22)7-5-13)32-19(25-10)11(2)26-20-24-8-15(23)18(27-20)28-16(12(3)29)9-31-21(28)30/h4-8,11-12,16,29H,9H2,1-3H3,(H,24,26,27)/t11-,12+,16?/m0/s1. The number of aryl methyl sites for hydroxylation is 1. The molecular weight excluding hydrogens is 441 g/mol. The van der Waals surface area contributed by atoms with Gasteiger partial charge in [-0.3, -0.25) is 0 Å². The summed E-state index contributed by atoms with van der Waals surface area (Å²) < 4.78 is 25.3. The van der Waals surface area contributed by atoms with E-state index < -0.39 is 30.1 Å². The number of hydrogen-bond donors (Lipinski definition) is 2. The van der Waals surface area contributed by atoms with Crippen molar-refractivity contribution < 1.29 is 23.4 Å². The van der Waals surface area contributed by atoms with Gasteiger partial charge in [0.15, 0.2) is 17.4 Å². The largest absolute Gasteiger partial charge is 0.447 e. The van der Waals surface area contributed by atoms with Gasteiger partial charge in [0.2, 0.25) is 11.8 Å². The summed E-state index contributed by atoms with van der Waals surface area (Å²) in [7, 11) is 0. The number of ether oxygens (including phenoxy) is 1. The van der Waals surface area contributed by atoms with Gasteiger partial charge in [-0.2, -0.15) is 4.98 Å². The first-order valence-corrected chi connectivity index (χ1v) is 10.3. The van der Waals surface area contributed by atoms with Crippen LogP contribution in [0, 0.1) is 12.7 Å². The molecule has 4 rings (SSSR count). The predicted octanol–water partition coefficient (Wildman–Crippen LogP) is 4.11. The van der Waals surface area contributed by atoms with Crippen molar-refractivity contribution in [1.29, 1.82) is 0 Å². The van der Waals surface area contributed by atoms with Gasteiger partial charge in [0.1, 0.15) is 18.7 Å². The fourth-order valence-electron chi connectivity index (χ4n) is 3.36. The Hall–Kier alpha value is -3.24. The van der Waals surface area contributed by atoms with E-state index >= 15 is 0 Å². The fourth-order valence-corrected chi connectivity index (χ4v) is 3.48. The molecule has 32 heavy (non-hydrogen) atoms. The van der Waals surface area contributed by atoms with E-state index in [1.165, 1.54) is 6.92 Å². The highest BCUT2D eigenvalue weighted by Gasteiger charge is 2.39. The maximum Gasteiger partial charge on any atom is 0.416 e. The van der Waals surface area contributed by atoms with Gasteiger partial charge < -0.3 is 19.6 Å². The minimum Gasteiger partial charge on any atom is -0.447 e. The third kappa shape index (κ3) is 4.23. The van der Waals surface area contributed by atoms with Crippen LogP contribution in [0.25, 0.3) is 11.3 Å². The fraction of sp³-hybridized carbons (Fsp3) is 0.333. The highest BCUT2D eigenvalue weighted by Crippen LogP contribution is 2.30. The molecule has 3 atom stereocenters. The Morgan fingerprint density at radius 3 is 2.69 bits per heavy atom. The van der Waals surface area contributed by atoms with Crippen LogP contribution in [0.1, 0.15) is 31.5 Å². The van der Waals surface area contributed by atoms with Crippen molar-refractivity contribution in [2.45, 2.75) is 39.0 Å². The second-order valence-electron chi connectivity index (χ2n) is 7.46. The van der Waals surface area contributed by atoms with Gasteiger partial charge in [-0.15, -0.1) is 0 Å². The first-order chi connectivity index (χ1) is 15.2. The van der Waals surface area contributed by atoms with E-state index in [1.807, 2.05) is 19.1 Å². The number of halogens is 2. The molecular formula is C21H21ClFN5O4. The van der Waals surface area contributed by atoms with Crippen LogP contribution < -0.4 is 10.2 Å². The first-order valence-electron chi connectivity index (χ1n) is 9.91. The van der Waals surface area contributed by atoms with E-state index in [-0.39, 0.29) is 18.4 Å². The summed E-state index contributed by atoms with van der Waals surface area (Å²) in [5.74, 6) is -0.0601. The van der Waals surface area contributed by atoms with E-state index in [0.29, 0.717) is 22.4 Å². The zero-order valence-corrected chi connectivity index (χ0v) is 18.3. The normalized spacial score (nSPS) is 17.9. The van der Waals surface area contributed by atoms with Crippen LogP contribution in [0.15, 0.2) is 34.9 Å². The molecule has 3 heterocycles. The van der Waals surface area contributed by atoms with Gasteiger partial charge in [-0.1, -0.05) is 11.6 Å². The number of carbonyl (C=O) groups excluding carboxylic acids is 1. The molecule has 11 heteroatoms. The monoisotopic (exact) mass is 461 g/mol. The van der Waals surface area contributed by atoms with Gasteiger partial charge in [-0.25, -0.2) is 24.1 Å². The lowest BCUT2D eigenvalue weighted by molar-refractivity contribution is 0.142. The van der Waals surface area contributed by atoms with E-state index in [1.54, 1.807) is 19.1 Å².